The minimum Gasteiger partial charge on any atom is -0.496 e. The fraction of sp³-hybridized carbons (Fsp3) is 0.423. The number of nitrogens with zero attached hydrogens (tertiary/aromatic N) is 2. The lowest BCUT2D eigenvalue weighted by Gasteiger charge is -2.22. The van der Waals surface area contributed by atoms with E-state index in [2.05, 4.69) is 67.5 Å². The van der Waals surface area contributed by atoms with Crippen LogP contribution >= 0.6 is 0 Å². The summed E-state index contributed by atoms with van der Waals surface area (Å²) < 4.78 is 32.1. The quantitative estimate of drug-likeness (QED) is 0.523. The Morgan fingerprint density at radius 3 is 2.31 bits per heavy atom. The predicted octanol–water partition coefficient (Wildman–Crippen LogP) is 5.05. The maximum atomic E-state index is 12.1. The molecule has 1 aliphatic rings. The number of hydrogen-bond donors (Lipinski definition) is 0. The van der Waals surface area contributed by atoms with Gasteiger partial charge in [0.15, 0.2) is 15.5 Å². The molecular weight excluding hydrogens is 420 g/mol. The zero-order chi connectivity index (χ0) is 23.7. The Labute approximate surface area is 193 Å². The molecule has 0 amide bonds. The van der Waals surface area contributed by atoms with Crippen LogP contribution in [0, 0.1) is 0 Å². The lowest BCUT2D eigenvalue weighted by atomic mass is 9.77. The van der Waals surface area contributed by atoms with Crippen molar-refractivity contribution < 1.29 is 17.7 Å². The van der Waals surface area contributed by atoms with Crippen LogP contribution in [0.15, 0.2) is 47.4 Å². The van der Waals surface area contributed by atoms with Gasteiger partial charge in [-0.25, -0.2) is 8.42 Å². The summed E-state index contributed by atoms with van der Waals surface area (Å²) in [5.74, 6) is 0.835. The molecule has 2 aromatic carbocycles. The topological polar surface area (TPSA) is 49.6 Å². The van der Waals surface area contributed by atoms with E-state index in [-0.39, 0.29) is 5.41 Å². The number of hydrogen-bond acceptors (Lipinski definition) is 4. The van der Waals surface area contributed by atoms with Crippen molar-refractivity contribution in [3.63, 3.8) is 0 Å². The van der Waals surface area contributed by atoms with Gasteiger partial charge in [-0.15, -0.1) is 0 Å². The van der Waals surface area contributed by atoms with E-state index in [0.717, 1.165) is 53.5 Å². The second kappa shape index (κ2) is 9.10. The molecule has 0 aromatic heterocycles. The third kappa shape index (κ3) is 4.20. The Morgan fingerprint density at radius 1 is 1.06 bits per heavy atom. The standard InChI is InChI=1S/C26H35N2O3S/c1-8-26(4)22-18-21(32(7,29)30)14-15-23(22)27(5)25(26)16-12-19-11-13-20(17-24(19)31-6)28(9-2)10-3/h11-18H,8-10H2,1-7H3/q+1. The summed E-state index contributed by atoms with van der Waals surface area (Å²) in [7, 11) is 0.479. The summed E-state index contributed by atoms with van der Waals surface area (Å²) in [5.41, 5.74) is 5.11. The molecule has 0 N–H and O–H groups in total. The van der Waals surface area contributed by atoms with Crippen LogP contribution in [0.1, 0.15) is 45.2 Å². The van der Waals surface area contributed by atoms with Gasteiger partial charge in [-0.1, -0.05) is 6.92 Å². The number of methoxy groups -OCH3 is 1. The number of sulfone groups is 1. The molecule has 0 bridgehead atoms. The largest absolute Gasteiger partial charge is 0.496 e. The van der Waals surface area contributed by atoms with Gasteiger partial charge in [0.2, 0.25) is 5.69 Å². The molecule has 0 spiro atoms. The summed E-state index contributed by atoms with van der Waals surface area (Å²) in [6, 6.07) is 11.8. The van der Waals surface area contributed by atoms with E-state index in [4.69, 9.17) is 4.74 Å². The molecule has 1 heterocycles. The van der Waals surface area contributed by atoms with Gasteiger partial charge in [0.25, 0.3) is 0 Å². The zero-order valence-electron chi connectivity index (χ0n) is 20.3. The molecule has 0 aliphatic carbocycles. The second-order valence-electron chi connectivity index (χ2n) is 8.51. The van der Waals surface area contributed by atoms with Crippen molar-refractivity contribution in [3.8, 4) is 5.75 Å². The third-order valence-corrected chi connectivity index (χ3v) is 7.86. The van der Waals surface area contributed by atoms with Gasteiger partial charge in [-0.05, 0) is 57.5 Å². The van der Waals surface area contributed by atoms with E-state index in [1.165, 1.54) is 6.26 Å². The summed E-state index contributed by atoms with van der Waals surface area (Å²) >= 11 is 0. The highest BCUT2D eigenvalue weighted by molar-refractivity contribution is 7.90. The van der Waals surface area contributed by atoms with Crippen molar-refractivity contribution in [2.75, 3.05) is 38.4 Å². The first-order chi connectivity index (χ1) is 15.1. The maximum Gasteiger partial charge on any atom is 0.209 e. The van der Waals surface area contributed by atoms with Crippen LogP contribution in [0.2, 0.25) is 0 Å². The van der Waals surface area contributed by atoms with E-state index >= 15 is 0 Å². The van der Waals surface area contributed by atoms with Gasteiger partial charge in [-0.3, -0.25) is 0 Å². The molecule has 1 aliphatic heterocycles. The van der Waals surface area contributed by atoms with Crippen LogP contribution < -0.4 is 9.64 Å². The molecule has 0 saturated heterocycles. The first-order valence-electron chi connectivity index (χ1n) is 11.2. The monoisotopic (exact) mass is 455 g/mol. The summed E-state index contributed by atoms with van der Waals surface area (Å²) in [5, 5.41) is 0. The minimum absolute atomic E-state index is 0.282. The Bertz CT molecular complexity index is 1180. The van der Waals surface area contributed by atoms with Crippen molar-refractivity contribution in [3.05, 3.63) is 53.6 Å². The fourth-order valence-corrected chi connectivity index (χ4v) is 5.22. The number of anilines is 1. The summed E-state index contributed by atoms with van der Waals surface area (Å²) in [6.07, 6.45) is 6.34. The number of ether oxygens (including phenoxy) is 1. The van der Waals surface area contributed by atoms with Gasteiger partial charge in [0.05, 0.1) is 17.4 Å². The second-order valence-corrected chi connectivity index (χ2v) is 10.5. The van der Waals surface area contributed by atoms with Crippen molar-refractivity contribution >= 4 is 33.0 Å². The number of allylic oxidation sites excluding steroid dienone is 1. The van der Waals surface area contributed by atoms with E-state index in [0.29, 0.717) is 4.90 Å². The van der Waals surface area contributed by atoms with Crippen LogP contribution in [0.3, 0.4) is 0 Å². The fourth-order valence-electron chi connectivity index (χ4n) is 4.58. The van der Waals surface area contributed by atoms with Crippen LogP contribution in [0.25, 0.3) is 6.08 Å². The number of rotatable bonds is 8. The predicted molar refractivity (Wildman–Crippen MR) is 134 cm³/mol. The van der Waals surface area contributed by atoms with E-state index < -0.39 is 9.84 Å². The average Bonchev–Trinajstić information content (AvgIpc) is 2.99. The summed E-state index contributed by atoms with van der Waals surface area (Å²) in [4.78, 5) is 2.66. The van der Waals surface area contributed by atoms with Crippen LogP contribution in [-0.4, -0.2) is 52.2 Å². The molecule has 0 fully saturated rings. The Morgan fingerprint density at radius 2 is 1.75 bits per heavy atom. The zero-order valence-corrected chi connectivity index (χ0v) is 21.1. The molecule has 0 radical (unpaired) electrons. The Balaban J connectivity index is 2.04. The van der Waals surface area contributed by atoms with Gasteiger partial charge < -0.3 is 9.64 Å². The van der Waals surface area contributed by atoms with Gasteiger partial charge in [0.1, 0.15) is 12.8 Å². The lowest BCUT2D eigenvalue weighted by Crippen LogP contribution is -2.29. The highest BCUT2D eigenvalue weighted by Crippen LogP contribution is 2.43. The number of fused-ring (bicyclic) bond motifs is 1. The molecule has 32 heavy (non-hydrogen) atoms. The van der Waals surface area contributed by atoms with E-state index in [9.17, 15) is 8.42 Å². The van der Waals surface area contributed by atoms with Crippen LogP contribution in [0.4, 0.5) is 11.4 Å². The van der Waals surface area contributed by atoms with Crippen molar-refractivity contribution in [2.24, 2.45) is 0 Å². The van der Waals surface area contributed by atoms with Crippen molar-refractivity contribution in [2.45, 2.75) is 44.4 Å². The molecule has 1 unspecified atom stereocenters. The molecule has 6 heteroatoms. The highest BCUT2D eigenvalue weighted by Gasteiger charge is 2.45. The smallest absolute Gasteiger partial charge is 0.209 e. The Kier molecular flexibility index (Phi) is 6.84. The summed E-state index contributed by atoms with van der Waals surface area (Å²) in [6.45, 7) is 10.5. The lowest BCUT2D eigenvalue weighted by molar-refractivity contribution is -0.401. The average molecular weight is 456 g/mol. The molecule has 5 nitrogen and oxygen atoms in total. The first-order valence-corrected chi connectivity index (χ1v) is 13.1. The molecular formula is C26H35N2O3S+. The van der Waals surface area contributed by atoms with Gasteiger partial charge in [0, 0.05) is 54.4 Å². The third-order valence-electron chi connectivity index (χ3n) is 6.75. The van der Waals surface area contributed by atoms with Gasteiger partial charge in [-0.2, -0.15) is 4.58 Å². The molecule has 172 valence electrons. The van der Waals surface area contributed by atoms with Crippen LogP contribution in [0.5, 0.6) is 5.75 Å². The minimum atomic E-state index is -3.26. The van der Waals surface area contributed by atoms with Crippen molar-refractivity contribution in [1.29, 1.82) is 0 Å². The maximum absolute atomic E-state index is 12.1. The molecule has 3 rings (SSSR count). The molecule has 1 atom stereocenters. The number of benzene rings is 2. The van der Waals surface area contributed by atoms with Crippen molar-refractivity contribution in [1.82, 2.24) is 0 Å². The highest BCUT2D eigenvalue weighted by atomic mass is 32.2. The Hall–Kier alpha value is -2.60. The SMILES string of the molecule is CCN(CC)c1ccc(/C=C/C2=[N+](C)c3ccc(S(C)(=O)=O)cc3C2(C)CC)c(OC)c1. The first kappa shape index (κ1) is 24.1. The molecule has 0 saturated carbocycles. The van der Waals surface area contributed by atoms with Gasteiger partial charge >= 0.3 is 0 Å². The van der Waals surface area contributed by atoms with Crippen LogP contribution in [-0.2, 0) is 15.3 Å². The normalized spacial score (nSPS) is 18.3. The van der Waals surface area contributed by atoms with E-state index in [1.54, 1.807) is 13.2 Å². The molecule has 2 aromatic rings. The van der Waals surface area contributed by atoms with E-state index in [1.807, 2.05) is 19.2 Å².